The van der Waals surface area contributed by atoms with Crippen LogP contribution in [0.5, 0.6) is 0 Å². The van der Waals surface area contributed by atoms with E-state index in [9.17, 15) is 4.79 Å². The van der Waals surface area contributed by atoms with Crippen LogP contribution in [0.3, 0.4) is 0 Å². The van der Waals surface area contributed by atoms with Gasteiger partial charge in [0.15, 0.2) is 0 Å². The summed E-state index contributed by atoms with van der Waals surface area (Å²) in [5, 5.41) is 3.54. The Labute approximate surface area is 166 Å². The van der Waals surface area contributed by atoms with Gasteiger partial charge in [-0.15, -0.1) is 0 Å². The first-order valence-electron chi connectivity index (χ1n) is 9.86. The van der Waals surface area contributed by atoms with Crippen molar-refractivity contribution in [2.45, 2.75) is 63.3 Å². The topological polar surface area (TPSA) is 29.1 Å². The number of hydrogen-bond donors (Lipinski definition) is 1. The first-order valence-corrected chi connectivity index (χ1v) is 11.4. The summed E-state index contributed by atoms with van der Waals surface area (Å²) in [6, 6.07) is 4.72. The maximum atomic E-state index is 13.2. The molecule has 2 nitrogen and oxygen atoms in total. The smallest absolute Gasteiger partial charge is 0.227 e. The summed E-state index contributed by atoms with van der Waals surface area (Å²) in [4.78, 5) is 13.2. The second-order valence-corrected chi connectivity index (χ2v) is 10.6. The van der Waals surface area contributed by atoms with Crippen LogP contribution in [-0.4, -0.2) is 11.9 Å². The van der Waals surface area contributed by atoms with E-state index in [0.717, 1.165) is 51.9 Å². The minimum atomic E-state index is 0.0229. The molecule has 134 valence electrons. The van der Waals surface area contributed by atoms with Gasteiger partial charge in [0.2, 0.25) is 5.91 Å². The third-order valence-electron chi connectivity index (χ3n) is 7.34. The van der Waals surface area contributed by atoms with Gasteiger partial charge in [-0.25, -0.2) is 0 Å². The summed E-state index contributed by atoms with van der Waals surface area (Å²) < 4.78 is 2.21. The number of halogens is 2. The van der Waals surface area contributed by atoms with Crippen LogP contribution in [0.15, 0.2) is 21.1 Å². The number of benzene rings is 1. The van der Waals surface area contributed by atoms with E-state index in [4.69, 9.17) is 0 Å². The monoisotopic (exact) mass is 465 g/mol. The number of hydrogen-bond acceptors (Lipinski definition) is 1. The molecule has 5 aliphatic carbocycles. The lowest BCUT2D eigenvalue weighted by Gasteiger charge is -2.54. The fourth-order valence-electron chi connectivity index (χ4n) is 6.53. The summed E-state index contributed by atoms with van der Waals surface area (Å²) >= 11 is 7.30. The highest BCUT2D eigenvalue weighted by atomic mass is 79.9. The molecule has 1 aromatic carbocycles. The Morgan fingerprint density at radius 3 is 2.36 bits per heavy atom. The van der Waals surface area contributed by atoms with E-state index in [0.29, 0.717) is 6.04 Å². The Hall–Kier alpha value is -0.350. The quantitative estimate of drug-likeness (QED) is 0.606. The highest BCUT2D eigenvalue weighted by molar-refractivity contribution is 9.11. The van der Waals surface area contributed by atoms with Crippen LogP contribution >= 0.6 is 31.9 Å². The van der Waals surface area contributed by atoms with Crippen molar-refractivity contribution in [3.63, 3.8) is 0 Å². The van der Waals surface area contributed by atoms with Crippen LogP contribution in [0, 0.1) is 23.7 Å². The number of carbonyl (C=O) groups excluding carboxylic acids is 1. The molecule has 0 spiro atoms. The van der Waals surface area contributed by atoms with E-state index in [-0.39, 0.29) is 11.8 Å². The maximum Gasteiger partial charge on any atom is 0.227 e. The van der Waals surface area contributed by atoms with Crippen molar-refractivity contribution >= 4 is 37.8 Å². The molecule has 0 saturated heterocycles. The molecule has 4 bridgehead atoms. The fourth-order valence-corrected chi connectivity index (χ4v) is 7.99. The van der Waals surface area contributed by atoms with Crippen LogP contribution in [0.25, 0.3) is 0 Å². The van der Waals surface area contributed by atoms with Crippen LogP contribution in [0.1, 0.15) is 62.0 Å². The highest BCUT2D eigenvalue weighted by Gasteiger charge is 2.49. The average molecular weight is 467 g/mol. The first kappa shape index (κ1) is 16.8. The number of carbonyl (C=O) groups is 1. The van der Waals surface area contributed by atoms with Crippen LogP contribution in [-0.2, 0) is 11.2 Å². The van der Waals surface area contributed by atoms with E-state index in [2.05, 4.69) is 49.3 Å². The van der Waals surface area contributed by atoms with Gasteiger partial charge in [0.05, 0.1) is 5.92 Å². The molecule has 0 aromatic heterocycles. The SMILES string of the molecule is O=C(NC1C2CC3CC(C2)CC1C3)C1CCCc2c(Br)cc(Br)cc21. The molecule has 1 amide bonds. The normalized spacial score (nSPS) is 38.5. The minimum Gasteiger partial charge on any atom is -0.352 e. The van der Waals surface area contributed by atoms with Gasteiger partial charge in [-0.2, -0.15) is 0 Å². The number of nitrogens with one attached hydrogen (secondary N) is 1. The zero-order chi connectivity index (χ0) is 17.1. The van der Waals surface area contributed by atoms with Crippen molar-refractivity contribution in [3.05, 3.63) is 32.2 Å². The van der Waals surface area contributed by atoms with Gasteiger partial charge >= 0.3 is 0 Å². The van der Waals surface area contributed by atoms with Gasteiger partial charge in [-0.3, -0.25) is 4.79 Å². The molecule has 4 saturated carbocycles. The standard InChI is InChI=1S/C21H25Br2NO/c22-15-9-18-16(19(23)10-15)2-1-3-17(18)21(25)24-20-13-5-11-4-12(7-13)8-14(20)6-11/h9-14,17,20H,1-8H2,(H,24,25). The van der Waals surface area contributed by atoms with Gasteiger partial charge in [0.1, 0.15) is 0 Å². The van der Waals surface area contributed by atoms with Crippen molar-refractivity contribution < 1.29 is 4.79 Å². The van der Waals surface area contributed by atoms with E-state index < -0.39 is 0 Å². The van der Waals surface area contributed by atoms with Crippen LogP contribution in [0.2, 0.25) is 0 Å². The molecule has 1 N–H and O–H groups in total. The van der Waals surface area contributed by atoms with Crippen LogP contribution in [0.4, 0.5) is 0 Å². The Kier molecular flexibility index (Phi) is 4.28. The lowest BCUT2D eigenvalue weighted by atomic mass is 9.54. The number of fused-ring (bicyclic) bond motifs is 1. The second-order valence-electron chi connectivity index (χ2n) is 8.87. The van der Waals surface area contributed by atoms with Crippen molar-refractivity contribution in [1.82, 2.24) is 5.32 Å². The lowest BCUT2D eigenvalue weighted by molar-refractivity contribution is -0.126. The van der Waals surface area contributed by atoms with Crippen LogP contribution < -0.4 is 5.32 Å². The molecule has 1 unspecified atom stereocenters. The summed E-state index contributed by atoms with van der Waals surface area (Å²) in [7, 11) is 0. The highest BCUT2D eigenvalue weighted by Crippen LogP contribution is 2.54. The Balaban J connectivity index is 1.38. The molecule has 1 atom stereocenters. The third kappa shape index (κ3) is 2.92. The molecule has 6 rings (SSSR count). The molecular formula is C21H25Br2NO. The number of amides is 1. The fraction of sp³-hybridized carbons (Fsp3) is 0.667. The molecule has 0 radical (unpaired) electrons. The van der Waals surface area contributed by atoms with Gasteiger partial charge in [0, 0.05) is 15.0 Å². The predicted molar refractivity (Wildman–Crippen MR) is 106 cm³/mol. The maximum absolute atomic E-state index is 13.2. The molecule has 0 heterocycles. The zero-order valence-corrected chi connectivity index (χ0v) is 17.6. The van der Waals surface area contributed by atoms with E-state index in [1.165, 1.54) is 43.2 Å². The molecule has 25 heavy (non-hydrogen) atoms. The molecule has 1 aromatic rings. The molecule has 4 heteroatoms. The first-order chi connectivity index (χ1) is 12.1. The Bertz CT molecular complexity index is 688. The predicted octanol–water partition coefficient (Wildman–Crippen LogP) is 5.57. The summed E-state index contributed by atoms with van der Waals surface area (Å²) in [5.74, 6) is 3.71. The van der Waals surface area contributed by atoms with Crippen molar-refractivity contribution in [2.75, 3.05) is 0 Å². The van der Waals surface area contributed by atoms with Gasteiger partial charge in [0.25, 0.3) is 0 Å². The summed E-state index contributed by atoms with van der Waals surface area (Å²) in [6.45, 7) is 0. The molecule has 4 fully saturated rings. The van der Waals surface area contributed by atoms with Crippen molar-refractivity contribution in [3.8, 4) is 0 Å². The van der Waals surface area contributed by atoms with Crippen molar-refractivity contribution in [2.24, 2.45) is 23.7 Å². The molecular weight excluding hydrogens is 442 g/mol. The zero-order valence-electron chi connectivity index (χ0n) is 14.4. The summed E-state index contributed by atoms with van der Waals surface area (Å²) in [6.07, 6.45) is 10.1. The Morgan fingerprint density at radius 1 is 1.00 bits per heavy atom. The average Bonchev–Trinajstić information content (AvgIpc) is 2.56. The molecule has 5 aliphatic rings. The van der Waals surface area contributed by atoms with E-state index in [1.54, 1.807) is 0 Å². The van der Waals surface area contributed by atoms with Gasteiger partial charge in [-0.1, -0.05) is 31.9 Å². The molecule has 0 aliphatic heterocycles. The third-order valence-corrected chi connectivity index (χ3v) is 8.51. The largest absolute Gasteiger partial charge is 0.352 e. The lowest BCUT2D eigenvalue weighted by Crippen LogP contribution is -2.56. The van der Waals surface area contributed by atoms with Gasteiger partial charge < -0.3 is 5.32 Å². The number of rotatable bonds is 2. The van der Waals surface area contributed by atoms with E-state index in [1.807, 2.05) is 0 Å². The van der Waals surface area contributed by atoms with Gasteiger partial charge in [-0.05, 0) is 98.3 Å². The summed E-state index contributed by atoms with van der Waals surface area (Å²) in [5.41, 5.74) is 2.56. The van der Waals surface area contributed by atoms with E-state index >= 15 is 0 Å². The second kappa shape index (κ2) is 6.37. The Morgan fingerprint density at radius 2 is 1.68 bits per heavy atom. The van der Waals surface area contributed by atoms with Crippen molar-refractivity contribution in [1.29, 1.82) is 0 Å². The minimum absolute atomic E-state index is 0.0229.